The first-order valence-electron chi connectivity index (χ1n) is 14.8. The summed E-state index contributed by atoms with van der Waals surface area (Å²) in [5.41, 5.74) is 10.6. The molecule has 7 aromatic carbocycles. The summed E-state index contributed by atoms with van der Waals surface area (Å²) >= 11 is 0. The second-order valence-electron chi connectivity index (χ2n) is 10.8. The lowest BCUT2D eigenvalue weighted by atomic mass is 10.0. The molecule has 0 N–H and O–H groups in total. The van der Waals surface area contributed by atoms with Crippen LogP contribution in [-0.2, 0) is 0 Å². The molecule has 8 rings (SSSR count). The molecule has 208 valence electrons. The minimum atomic E-state index is 0.633. The van der Waals surface area contributed by atoms with Crippen molar-refractivity contribution in [3.05, 3.63) is 170 Å². The van der Waals surface area contributed by atoms with Crippen molar-refractivity contribution in [1.82, 2.24) is 4.98 Å². The molecule has 0 saturated heterocycles. The quantitative estimate of drug-likeness (QED) is 0.201. The number of hydrogen-bond donors (Lipinski definition) is 0. The maximum Gasteiger partial charge on any atom is 0.227 e. The summed E-state index contributed by atoms with van der Waals surface area (Å²) in [6.45, 7) is 0. The van der Waals surface area contributed by atoms with E-state index in [1.807, 2.05) is 36.4 Å². The van der Waals surface area contributed by atoms with Gasteiger partial charge in [-0.1, -0.05) is 115 Å². The Morgan fingerprint density at radius 3 is 1.77 bits per heavy atom. The average Bonchev–Trinajstić information content (AvgIpc) is 3.55. The lowest BCUT2D eigenvalue weighted by Crippen LogP contribution is -2.11. The Balaban J connectivity index is 1.28. The maximum absolute atomic E-state index is 6.17. The molecule has 0 aliphatic heterocycles. The van der Waals surface area contributed by atoms with Crippen LogP contribution in [0.15, 0.2) is 174 Å². The van der Waals surface area contributed by atoms with Gasteiger partial charge in [0.1, 0.15) is 5.52 Å². The Morgan fingerprint density at radius 2 is 1.05 bits per heavy atom. The van der Waals surface area contributed by atoms with Crippen LogP contribution in [-0.4, -0.2) is 4.98 Å². The minimum Gasteiger partial charge on any atom is -0.436 e. The van der Waals surface area contributed by atoms with Gasteiger partial charge in [-0.2, -0.15) is 0 Å². The lowest BCUT2D eigenvalue weighted by Gasteiger charge is -2.28. The summed E-state index contributed by atoms with van der Waals surface area (Å²) in [6.07, 6.45) is 0. The molecule has 0 fully saturated rings. The molecule has 8 aromatic rings. The molecule has 0 unspecified atom stereocenters. The van der Waals surface area contributed by atoms with Crippen LogP contribution in [0.1, 0.15) is 0 Å². The molecule has 0 spiro atoms. The number of aromatic nitrogens is 1. The summed E-state index contributed by atoms with van der Waals surface area (Å²) in [6, 6.07) is 59.3. The van der Waals surface area contributed by atoms with E-state index in [9.17, 15) is 0 Å². The van der Waals surface area contributed by atoms with Gasteiger partial charge in [-0.05, 0) is 76.7 Å². The number of hydrogen-bond acceptors (Lipinski definition) is 3. The predicted molar refractivity (Wildman–Crippen MR) is 183 cm³/mol. The van der Waals surface area contributed by atoms with E-state index < -0.39 is 0 Å². The normalized spacial score (nSPS) is 11.2. The van der Waals surface area contributed by atoms with Crippen molar-refractivity contribution in [2.45, 2.75) is 0 Å². The van der Waals surface area contributed by atoms with Crippen LogP contribution in [0.25, 0.3) is 55.6 Å². The van der Waals surface area contributed by atoms with Gasteiger partial charge in [-0.15, -0.1) is 0 Å². The van der Waals surface area contributed by atoms with Crippen LogP contribution in [0.4, 0.5) is 17.1 Å². The number of benzene rings is 7. The zero-order chi connectivity index (χ0) is 29.3. The SMILES string of the molecule is c1ccc(-c2ccc(N(c3ccc4c(ccc5oc(-c6ccccc6)nc54)c3)c3ccccc3-c3ccccc3)cc2)cc1. The van der Waals surface area contributed by atoms with Crippen molar-refractivity contribution in [3.63, 3.8) is 0 Å². The van der Waals surface area contributed by atoms with E-state index in [1.165, 1.54) is 22.3 Å². The third kappa shape index (κ3) is 4.71. The molecular weight excluding hydrogens is 536 g/mol. The Hall–Kier alpha value is -5.93. The van der Waals surface area contributed by atoms with Crippen molar-refractivity contribution in [2.24, 2.45) is 0 Å². The number of para-hydroxylation sites is 1. The van der Waals surface area contributed by atoms with Crippen LogP contribution in [0.2, 0.25) is 0 Å². The monoisotopic (exact) mass is 564 g/mol. The van der Waals surface area contributed by atoms with Crippen molar-refractivity contribution in [1.29, 1.82) is 0 Å². The highest BCUT2D eigenvalue weighted by Gasteiger charge is 2.19. The first-order valence-corrected chi connectivity index (χ1v) is 14.8. The minimum absolute atomic E-state index is 0.633. The first kappa shape index (κ1) is 25.8. The molecule has 0 amide bonds. The van der Waals surface area contributed by atoms with Crippen LogP contribution in [0, 0.1) is 0 Å². The standard InChI is InChI=1S/C41H28N2O/c1-4-12-29(13-5-1)30-20-23-34(24-21-30)43(38-19-11-10-18-36(38)31-14-6-2-7-15-31)35-25-26-37-33(28-35)22-27-39-40(37)42-41(44-39)32-16-8-3-9-17-32/h1-28H. The van der Waals surface area contributed by atoms with E-state index in [1.54, 1.807) is 0 Å². The molecular formula is C41H28N2O. The zero-order valence-corrected chi connectivity index (χ0v) is 24.0. The van der Waals surface area contributed by atoms with Crippen LogP contribution >= 0.6 is 0 Å². The molecule has 0 radical (unpaired) electrons. The van der Waals surface area contributed by atoms with Gasteiger partial charge >= 0.3 is 0 Å². The van der Waals surface area contributed by atoms with Gasteiger partial charge in [0, 0.05) is 27.9 Å². The van der Waals surface area contributed by atoms with E-state index >= 15 is 0 Å². The van der Waals surface area contributed by atoms with Gasteiger partial charge in [0.05, 0.1) is 5.69 Å². The second kappa shape index (κ2) is 11.0. The van der Waals surface area contributed by atoms with Gasteiger partial charge < -0.3 is 9.32 Å². The molecule has 44 heavy (non-hydrogen) atoms. The third-order valence-electron chi connectivity index (χ3n) is 8.10. The first-order chi connectivity index (χ1) is 21.8. The molecule has 0 bridgehead atoms. The van der Waals surface area contributed by atoms with Gasteiger partial charge in [-0.3, -0.25) is 0 Å². The van der Waals surface area contributed by atoms with Gasteiger partial charge in [-0.25, -0.2) is 4.98 Å². The van der Waals surface area contributed by atoms with Crippen LogP contribution in [0.3, 0.4) is 0 Å². The average molecular weight is 565 g/mol. The number of fused-ring (bicyclic) bond motifs is 3. The van der Waals surface area contributed by atoms with E-state index in [4.69, 9.17) is 9.40 Å². The summed E-state index contributed by atoms with van der Waals surface area (Å²) in [5.74, 6) is 0.633. The van der Waals surface area contributed by atoms with E-state index in [0.717, 1.165) is 44.5 Å². The lowest BCUT2D eigenvalue weighted by molar-refractivity contribution is 0.620. The van der Waals surface area contributed by atoms with E-state index in [-0.39, 0.29) is 0 Å². The highest BCUT2D eigenvalue weighted by molar-refractivity contribution is 6.06. The summed E-state index contributed by atoms with van der Waals surface area (Å²) in [5, 5.41) is 2.17. The Labute approximate surface area is 256 Å². The molecule has 0 aliphatic carbocycles. The summed E-state index contributed by atoms with van der Waals surface area (Å²) in [7, 11) is 0. The molecule has 1 aromatic heterocycles. The highest BCUT2D eigenvalue weighted by atomic mass is 16.3. The van der Waals surface area contributed by atoms with Crippen LogP contribution < -0.4 is 4.90 Å². The fourth-order valence-corrected chi connectivity index (χ4v) is 5.94. The number of rotatable bonds is 6. The zero-order valence-electron chi connectivity index (χ0n) is 24.0. The van der Waals surface area contributed by atoms with E-state index in [0.29, 0.717) is 5.89 Å². The summed E-state index contributed by atoms with van der Waals surface area (Å²) in [4.78, 5) is 7.26. The highest BCUT2D eigenvalue weighted by Crippen LogP contribution is 2.42. The number of anilines is 3. The molecule has 0 saturated carbocycles. The van der Waals surface area contributed by atoms with E-state index in [2.05, 4.69) is 138 Å². The number of nitrogens with zero attached hydrogens (tertiary/aromatic N) is 2. The number of oxazole rings is 1. The predicted octanol–water partition coefficient (Wildman–Crippen LogP) is 11.5. The van der Waals surface area contributed by atoms with Crippen molar-refractivity contribution in [2.75, 3.05) is 4.90 Å². The Kier molecular flexibility index (Phi) is 6.47. The fourth-order valence-electron chi connectivity index (χ4n) is 5.94. The molecule has 1 heterocycles. The maximum atomic E-state index is 6.17. The summed E-state index contributed by atoms with van der Waals surface area (Å²) < 4.78 is 6.17. The van der Waals surface area contributed by atoms with Crippen molar-refractivity contribution < 1.29 is 4.42 Å². The van der Waals surface area contributed by atoms with Gasteiger partial charge in [0.15, 0.2) is 5.58 Å². The molecule has 0 aliphatic rings. The Bertz CT molecular complexity index is 2200. The largest absolute Gasteiger partial charge is 0.436 e. The van der Waals surface area contributed by atoms with Crippen LogP contribution in [0.5, 0.6) is 0 Å². The topological polar surface area (TPSA) is 29.3 Å². The van der Waals surface area contributed by atoms with Gasteiger partial charge in [0.2, 0.25) is 5.89 Å². The fraction of sp³-hybridized carbons (Fsp3) is 0. The smallest absolute Gasteiger partial charge is 0.227 e. The van der Waals surface area contributed by atoms with Crippen molar-refractivity contribution in [3.8, 4) is 33.7 Å². The van der Waals surface area contributed by atoms with Gasteiger partial charge in [0.25, 0.3) is 0 Å². The third-order valence-corrected chi connectivity index (χ3v) is 8.10. The molecule has 3 heteroatoms. The molecule has 0 atom stereocenters. The second-order valence-corrected chi connectivity index (χ2v) is 10.8. The molecule has 3 nitrogen and oxygen atoms in total. The van der Waals surface area contributed by atoms with Crippen molar-refractivity contribution >= 4 is 38.9 Å². The Morgan fingerprint density at radius 1 is 0.455 bits per heavy atom.